The van der Waals surface area contributed by atoms with Gasteiger partial charge in [-0.25, -0.2) is 18.6 Å². The highest BCUT2D eigenvalue weighted by Gasteiger charge is 2.56. The number of nitrogens with zero attached hydrogens (tertiary/aromatic N) is 2. The lowest BCUT2D eigenvalue weighted by atomic mass is 9.92. The van der Waals surface area contributed by atoms with Crippen LogP contribution in [0, 0.1) is 0 Å². The van der Waals surface area contributed by atoms with Gasteiger partial charge >= 0.3 is 11.9 Å². The van der Waals surface area contributed by atoms with Crippen LogP contribution in [0.15, 0.2) is 23.8 Å². The standard InChI is InChI=1S/C17H19F2N5O6S/c1-7(25)30-4-8-5-31-13-10(12(26)24(13)11(8)14(27)28)23-16(29)17(20,15(18)19)2-9-3-21-6-22-9/h3,6,10,13,15H,2,4-5,20H2,1H3,(H,21,22)(H,23,29)(H,27,28). The molecule has 31 heavy (non-hydrogen) atoms. The van der Waals surface area contributed by atoms with Gasteiger partial charge in [0.15, 0.2) is 5.54 Å². The predicted octanol–water partition coefficient (Wildman–Crippen LogP) is -0.783. The van der Waals surface area contributed by atoms with Crippen molar-refractivity contribution in [3.05, 3.63) is 29.5 Å². The van der Waals surface area contributed by atoms with Crippen molar-refractivity contribution in [2.24, 2.45) is 5.73 Å². The second-order valence-corrected chi connectivity index (χ2v) is 8.10. The molecule has 3 rings (SSSR count). The molecule has 2 amide bonds. The van der Waals surface area contributed by atoms with Crippen LogP contribution in [0.3, 0.4) is 0 Å². The number of ether oxygens (including phenoxy) is 1. The number of alkyl halides is 2. The molecule has 1 saturated heterocycles. The third-order valence-electron chi connectivity index (χ3n) is 4.84. The van der Waals surface area contributed by atoms with Crippen LogP contribution in [0.25, 0.3) is 0 Å². The Morgan fingerprint density at radius 3 is 2.77 bits per heavy atom. The molecule has 1 aromatic rings. The van der Waals surface area contributed by atoms with Gasteiger partial charge < -0.3 is 25.9 Å². The molecule has 3 atom stereocenters. The van der Waals surface area contributed by atoms with Crippen molar-refractivity contribution < 1.29 is 37.8 Å². The number of carbonyl (C=O) groups excluding carboxylic acids is 3. The number of amides is 2. The van der Waals surface area contributed by atoms with Gasteiger partial charge in [-0.1, -0.05) is 0 Å². The summed E-state index contributed by atoms with van der Waals surface area (Å²) in [6.07, 6.45) is -1.30. The van der Waals surface area contributed by atoms with E-state index in [0.29, 0.717) is 0 Å². The minimum atomic E-state index is -3.24. The number of carboxylic acids is 1. The highest BCUT2D eigenvalue weighted by atomic mass is 32.2. The highest BCUT2D eigenvalue weighted by molar-refractivity contribution is 8.00. The Kier molecular flexibility index (Phi) is 6.31. The smallest absolute Gasteiger partial charge is 0.352 e. The monoisotopic (exact) mass is 459 g/mol. The summed E-state index contributed by atoms with van der Waals surface area (Å²) in [7, 11) is 0. The normalized spacial score (nSPS) is 22.5. The van der Waals surface area contributed by atoms with E-state index in [1.807, 2.05) is 0 Å². The maximum absolute atomic E-state index is 13.7. The molecule has 11 nitrogen and oxygen atoms in total. The predicted molar refractivity (Wildman–Crippen MR) is 102 cm³/mol. The minimum Gasteiger partial charge on any atom is -0.477 e. The Balaban J connectivity index is 1.76. The molecular weight excluding hydrogens is 440 g/mol. The fourth-order valence-corrected chi connectivity index (χ4v) is 4.54. The largest absolute Gasteiger partial charge is 0.477 e. The first-order valence-corrected chi connectivity index (χ1v) is 9.99. The SMILES string of the molecule is CC(=O)OCC1=C(C(=O)O)N2C(=O)C(NC(=O)C(N)(Cc3cnc[nH]3)C(F)F)C2SC1. The number of carbonyl (C=O) groups is 4. The van der Waals surface area contributed by atoms with Crippen molar-refractivity contribution >= 4 is 35.5 Å². The topological polar surface area (TPSA) is 168 Å². The Bertz CT molecular complexity index is 939. The third kappa shape index (κ3) is 4.25. The van der Waals surface area contributed by atoms with Gasteiger partial charge in [-0.3, -0.25) is 19.3 Å². The van der Waals surface area contributed by atoms with Gasteiger partial charge in [-0.2, -0.15) is 0 Å². The van der Waals surface area contributed by atoms with E-state index < -0.39 is 53.6 Å². The van der Waals surface area contributed by atoms with Gasteiger partial charge in [-0.05, 0) is 0 Å². The number of H-pyrrole nitrogens is 1. The zero-order valence-electron chi connectivity index (χ0n) is 16.1. The lowest BCUT2D eigenvalue weighted by Crippen LogP contribution is -2.73. The molecule has 14 heteroatoms. The van der Waals surface area contributed by atoms with E-state index in [1.165, 1.54) is 12.5 Å². The molecule has 3 heterocycles. The van der Waals surface area contributed by atoms with E-state index in [9.17, 15) is 33.1 Å². The molecule has 1 fully saturated rings. The van der Waals surface area contributed by atoms with Crippen molar-refractivity contribution in [2.75, 3.05) is 12.4 Å². The first-order valence-electron chi connectivity index (χ1n) is 8.95. The van der Waals surface area contributed by atoms with Crippen LogP contribution in [-0.2, 0) is 30.3 Å². The Hall–Kier alpha value is -3.00. The lowest BCUT2D eigenvalue weighted by molar-refractivity contribution is -0.152. The fourth-order valence-electron chi connectivity index (χ4n) is 3.21. The summed E-state index contributed by atoms with van der Waals surface area (Å²) in [5.74, 6) is -3.96. The molecule has 0 saturated carbocycles. The molecule has 168 valence electrons. The van der Waals surface area contributed by atoms with Gasteiger partial charge in [0, 0.05) is 36.6 Å². The maximum atomic E-state index is 13.7. The molecule has 0 aliphatic carbocycles. The number of rotatable bonds is 8. The first kappa shape index (κ1) is 22.7. The summed E-state index contributed by atoms with van der Waals surface area (Å²) < 4.78 is 32.1. The van der Waals surface area contributed by atoms with Crippen LogP contribution >= 0.6 is 11.8 Å². The van der Waals surface area contributed by atoms with E-state index in [-0.39, 0.29) is 29.3 Å². The zero-order valence-corrected chi connectivity index (χ0v) is 16.9. The average Bonchev–Trinajstić information content (AvgIpc) is 3.21. The minimum absolute atomic E-state index is 0.104. The number of halogens is 2. The first-order chi connectivity index (χ1) is 14.6. The van der Waals surface area contributed by atoms with Crippen molar-refractivity contribution in [3.63, 3.8) is 0 Å². The number of fused-ring (bicyclic) bond motifs is 1. The summed E-state index contributed by atoms with van der Waals surface area (Å²) >= 11 is 1.11. The molecular formula is C17H19F2N5O6S. The molecule has 0 radical (unpaired) electrons. The van der Waals surface area contributed by atoms with Crippen LogP contribution < -0.4 is 11.1 Å². The quantitative estimate of drug-likeness (QED) is 0.288. The summed E-state index contributed by atoms with van der Waals surface area (Å²) in [4.78, 5) is 55.1. The Labute approximate surface area is 178 Å². The molecule has 1 aromatic heterocycles. The molecule has 2 aliphatic heterocycles. The summed E-state index contributed by atoms with van der Waals surface area (Å²) in [5, 5.41) is 10.9. The highest BCUT2D eigenvalue weighted by Crippen LogP contribution is 2.40. The number of thioether (sulfide) groups is 1. The number of nitrogens with two attached hydrogens (primary N) is 1. The summed E-state index contributed by atoms with van der Waals surface area (Å²) in [6, 6.07) is -1.23. The third-order valence-corrected chi connectivity index (χ3v) is 6.18. The number of aromatic amines is 1. The zero-order chi connectivity index (χ0) is 22.9. The van der Waals surface area contributed by atoms with Gasteiger partial charge in [0.2, 0.25) is 5.91 Å². The Morgan fingerprint density at radius 2 is 2.23 bits per heavy atom. The van der Waals surface area contributed by atoms with E-state index in [4.69, 9.17) is 10.5 Å². The number of imidazole rings is 1. The number of esters is 1. The number of nitrogens with one attached hydrogen (secondary N) is 2. The van der Waals surface area contributed by atoms with Crippen molar-refractivity contribution in [2.45, 2.75) is 36.7 Å². The average molecular weight is 459 g/mol. The molecule has 0 aromatic carbocycles. The van der Waals surface area contributed by atoms with Crippen LogP contribution in [0.4, 0.5) is 8.78 Å². The van der Waals surface area contributed by atoms with Crippen molar-refractivity contribution in [3.8, 4) is 0 Å². The second kappa shape index (κ2) is 8.63. The van der Waals surface area contributed by atoms with E-state index in [2.05, 4.69) is 15.3 Å². The number of carboxylic acid groups (broad SMARTS) is 1. The van der Waals surface area contributed by atoms with E-state index in [0.717, 1.165) is 23.6 Å². The van der Waals surface area contributed by atoms with E-state index >= 15 is 0 Å². The molecule has 0 bridgehead atoms. The second-order valence-electron chi connectivity index (χ2n) is 6.99. The Morgan fingerprint density at radius 1 is 1.52 bits per heavy atom. The number of hydrogen-bond donors (Lipinski definition) is 4. The van der Waals surface area contributed by atoms with Crippen molar-refractivity contribution in [1.82, 2.24) is 20.2 Å². The van der Waals surface area contributed by atoms with Crippen molar-refractivity contribution in [1.29, 1.82) is 0 Å². The lowest BCUT2D eigenvalue weighted by Gasteiger charge is -2.50. The van der Waals surface area contributed by atoms with Gasteiger partial charge in [0.05, 0.1) is 6.33 Å². The molecule has 3 unspecified atom stereocenters. The van der Waals surface area contributed by atoms with Gasteiger partial charge in [-0.15, -0.1) is 11.8 Å². The number of aliphatic carboxylic acids is 1. The summed E-state index contributed by atoms with van der Waals surface area (Å²) in [5.41, 5.74) is 3.12. The number of β-lactam (4-membered cyclic amide) rings is 1. The van der Waals surface area contributed by atoms with Crippen LogP contribution in [0.1, 0.15) is 12.6 Å². The van der Waals surface area contributed by atoms with Gasteiger partial charge in [0.1, 0.15) is 23.7 Å². The van der Waals surface area contributed by atoms with E-state index in [1.54, 1.807) is 0 Å². The fraction of sp³-hybridized carbons (Fsp3) is 0.471. The molecule has 2 aliphatic rings. The van der Waals surface area contributed by atoms with Crippen LogP contribution in [-0.4, -0.2) is 79.5 Å². The number of hydrogen-bond acceptors (Lipinski definition) is 8. The van der Waals surface area contributed by atoms with Gasteiger partial charge in [0.25, 0.3) is 12.3 Å². The molecule has 5 N–H and O–H groups in total. The summed E-state index contributed by atoms with van der Waals surface area (Å²) in [6.45, 7) is 0.852. The number of aromatic nitrogens is 2. The maximum Gasteiger partial charge on any atom is 0.352 e. The van der Waals surface area contributed by atoms with Crippen LogP contribution in [0.5, 0.6) is 0 Å². The molecule has 0 spiro atoms. The van der Waals surface area contributed by atoms with Crippen LogP contribution in [0.2, 0.25) is 0 Å².